The first-order chi connectivity index (χ1) is 8.60. The summed E-state index contributed by atoms with van der Waals surface area (Å²) < 4.78 is 0. The van der Waals surface area contributed by atoms with Gasteiger partial charge in [-0.3, -0.25) is 4.79 Å². The number of nitrogens with zero attached hydrogens (tertiary/aromatic N) is 1. The van der Waals surface area contributed by atoms with Crippen LogP contribution in [-0.4, -0.2) is 29.4 Å². The number of piperidine rings is 1. The first kappa shape index (κ1) is 13.9. The molecule has 0 aromatic heterocycles. The predicted molar refractivity (Wildman–Crippen MR) is 74.2 cm³/mol. The van der Waals surface area contributed by atoms with Gasteiger partial charge in [0, 0.05) is 24.0 Å². The standard InChI is InChI=1S/C15H28N2O/c1-3-15(9-5-6-10-15)14(18)17-11-7-4-8-13(17)12(2)16/h12-13H,3-11,16H2,1-2H3. The van der Waals surface area contributed by atoms with Crippen molar-refractivity contribution < 1.29 is 4.79 Å². The molecule has 2 atom stereocenters. The van der Waals surface area contributed by atoms with Crippen LogP contribution in [0.5, 0.6) is 0 Å². The van der Waals surface area contributed by atoms with Gasteiger partial charge in [-0.25, -0.2) is 0 Å². The highest BCUT2D eigenvalue weighted by molar-refractivity contribution is 5.83. The summed E-state index contributed by atoms with van der Waals surface area (Å²) in [7, 11) is 0. The SMILES string of the molecule is CCC1(C(=O)N2CCCCC2C(C)N)CCCC1. The van der Waals surface area contributed by atoms with Gasteiger partial charge < -0.3 is 10.6 Å². The molecule has 1 amide bonds. The number of nitrogens with two attached hydrogens (primary N) is 1. The van der Waals surface area contributed by atoms with Gasteiger partial charge in [-0.05, 0) is 45.4 Å². The van der Waals surface area contributed by atoms with Gasteiger partial charge in [0.2, 0.25) is 5.91 Å². The first-order valence-electron chi connectivity index (χ1n) is 7.67. The Morgan fingerprint density at radius 1 is 1.33 bits per heavy atom. The Labute approximate surface area is 111 Å². The highest BCUT2D eigenvalue weighted by atomic mass is 16.2. The molecule has 1 aliphatic carbocycles. The lowest BCUT2D eigenvalue weighted by molar-refractivity contribution is -0.146. The molecule has 2 aliphatic rings. The van der Waals surface area contributed by atoms with Gasteiger partial charge >= 0.3 is 0 Å². The van der Waals surface area contributed by atoms with Crippen LogP contribution in [0.2, 0.25) is 0 Å². The normalized spacial score (nSPS) is 29.3. The lowest BCUT2D eigenvalue weighted by Crippen LogP contribution is -2.55. The minimum Gasteiger partial charge on any atom is -0.338 e. The predicted octanol–water partition coefficient (Wildman–Crippen LogP) is 2.69. The number of hydrogen-bond donors (Lipinski definition) is 1. The molecule has 104 valence electrons. The van der Waals surface area contributed by atoms with E-state index in [0.29, 0.717) is 5.91 Å². The van der Waals surface area contributed by atoms with E-state index in [1.165, 1.54) is 19.3 Å². The molecule has 2 N–H and O–H groups in total. The van der Waals surface area contributed by atoms with E-state index in [1.807, 2.05) is 6.92 Å². The van der Waals surface area contributed by atoms with Crippen LogP contribution in [0.15, 0.2) is 0 Å². The zero-order valence-corrected chi connectivity index (χ0v) is 12.0. The van der Waals surface area contributed by atoms with Crippen LogP contribution < -0.4 is 5.73 Å². The fourth-order valence-corrected chi connectivity index (χ4v) is 3.83. The van der Waals surface area contributed by atoms with Crippen LogP contribution in [0.3, 0.4) is 0 Å². The second kappa shape index (κ2) is 5.60. The van der Waals surface area contributed by atoms with E-state index in [0.717, 1.165) is 38.6 Å². The van der Waals surface area contributed by atoms with E-state index in [-0.39, 0.29) is 17.5 Å². The molecule has 0 aromatic carbocycles. The van der Waals surface area contributed by atoms with Crippen molar-refractivity contribution in [3.8, 4) is 0 Å². The third-order valence-corrected chi connectivity index (χ3v) is 5.11. The van der Waals surface area contributed by atoms with Gasteiger partial charge in [0.05, 0.1) is 0 Å². The van der Waals surface area contributed by atoms with E-state index in [1.54, 1.807) is 0 Å². The van der Waals surface area contributed by atoms with Crippen LogP contribution in [0.1, 0.15) is 65.2 Å². The van der Waals surface area contributed by atoms with Gasteiger partial charge in [-0.15, -0.1) is 0 Å². The molecule has 2 unspecified atom stereocenters. The third-order valence-electron chi connectivity index (χ3n) is 5.11. The zero-order valence-electron chi connectivity index (χ0n) is 12.0. The molecule has 0 radical (unpaired) electrons. The van der Waals surface area contributed by atoms with Gasteiger partial charge in [0.15, 0.2) is 0 Å². The third kappa shape index (κ3) is 2.42. The first-order valence-corrected chi connectivity index (χ1v) is 7.67. The average molecular weight is 252 g/mol. The van der Waals surface area contributed by atoms with Gasteiger partial charge in [-0.2, -0.15) is 0 Å². The topological polar surface area (TPSA) is 46.3 Å². The van der Waals surface area contributed by atoms with Crippen molar-refractivity contribution in [3.63, 3.8) is 0 Å². The van der Waals surface area contributed by atoms with Crippen molar-refractivity contribution in [3.05, 3.63) is 0 Å². The van der Waals surface area contributed by atoms with Gasteiger partial charge in [0.25, 0.3) is 0 Å². The second-order valence-corrected chi connectivity index (χ2v) is 6.26. The van der Waals surface area contributed by atoms with Crippen molar-refractivity contribution in [2.45, 2.75) is 77.3 Å². The smallest absolute Gasteiger partial charge is 0.229 e. The number of rotatable bonds is 3. The van der Waals surface area contributed by atoms with E-state index in [4.69, 9.17) is 5.73 Å². The summed E-state index contributed by atoms with van der Waals surface area (Å²) in [5.74, 6) is 0.407. The largest absolute Gasteiger partial charge is 0.338 e. The lowest BCUT2D eigenvalue weighted by Gasteiger charge is -2.43. The van der Waals surface area contributed by atoms with E-state index in [9.17, 15) is 4.79 Å². The lowest BCUT2D eigenvalue weighted by atomic mass is 9.80. The highest BCUT2D eigenvalue weighted by Crippen LogP contribution is 2.43. The van der Waals surface area contributed by atoms with Crippen molar-refractivity contribution in [1.29, 1.82) is 0 Å². The zero-order chi connectivity index (χ0) is 13.2. The molecule has 18 heavy (non-hydrogen) atoms. The molecule has 2 rings (SSSR count). The Bertz CT molecular complexity index is 295. The van der Waals surface area contributed by atoms with Crippen LogP contribution in [0.4, 0.5) is 0 Å². The molecular weight excluding hydrogens is 224 g/mol. The minimum absolute atomic E-state index is 0.0511. The monoisotopic (exact) mass is 252 g/mol. The maximum Gasteiger partial charge on any atom is 0.229 e. The van der Waals surface area contributed by atoms with Crippen LogP contribution in [0, 0.1) is 5.41 Å². The van der Waals surface area contributed by atoms with Crippen molar-refractivity contribution >= 4 is 5.91 Å². The van der Waals surface area contributed by atoms with E-state index in [2.05, 4.69) is 11.8 Å². The Morgan fingerprint density at radius 2 is 2.00 bits per heavy atom. The molecule has 3 heteroatoms. The summed E-state index contributed by atoms with van der Waals surface area (Å²) in [6.07, 6.45) is 9.06. The summed E-state index contributed by atoms with van der Waals surface area (Å²) in [6, 6.07) is 0.375. The number of likely N-dealkylation sites (tertiary alicyclic amines) is 1. The Morgan fingerprint density at radius 3 is 2.56 bits per heavy atom. The second-order valence-electron chi connectivity index (χ2n) is 6.26. The fraction of sp³-hybridized carbons (Fsp3) is 0.933. The molecule has 1 aliphatic heterocycles. The molecule has 2 fully saturated rings. The van der Waals surface area contributed by atoms with Crippen molar-refractivity contribution in [2.24, 2.45) is 11.1 Å². The minimum atomic E-state index is -0.0511. The van der Waals surface area contributed by atoms with Crippen molar-refractivity contribution in [2.75, 3.05) is 6.54 Å². The van der Waals surface area contributed by atoms with Crippen molar-refractivity contribution in [1.82, 2.24) is 4.90 Å². The Balaban J connectivity index is 2.14. The number of hydrogen-bond acceptors (Lipinski definition) is 2. The molecule has 1 saturated carbocycles. The van der Waals surface area contributed by atoms with Crippen LogP contribution >= 0.6 is 0 Å². The molecule has 0 aromatic rings. The maximum atomic E-state index is 12.9. The average Bonchev–Trinajstić information content (AvgIpc) is 2.87. The molecule has 0 spiro atoms. The van der Waals surface area contributed by atoms with Crippen LogP contribution in [0.25, 0.3) is 0 Å². The van der Waals surface area contributed by atoms with Crippen LogP contribution in [-0.2, 0) is 4.79 Å². The summed E-state index contributed by atoms with van der Waals surface area (Å²) in [5, 5.41) is 0. The van der Waals surface area contributed by atoms with E-state index >= 15 is 0 Å². The molecule has 0 bridgehead atoms. The summed E-state index contributed by atoms with van der Waals surface area (Å²) in [5.41, 5.74) is 6.03. The summed E-state index contributed by atoms with van der Waals surface area (Å²) in [4.78, 5) is 15.1. The Kier molecular flexibility index (Phi) is 4.31. The fourth-order valence-electron chi connectivity index (χ4n) is 3.83. The van der Waals surface area contributed by atoms with Gasteiger partial charge in [-0.1, -0.05) is 19.8 Å². The number of carbonyl (C=O) groups is 1. The van der Waals surface area contributed by atoms with Gasteiger partial charge in [0.1, 0.15) is 0 Å². The van der Waals surface area contributed by atoms with E-state index < -0.39 is 0 Å². The number of carbonyl (C=O) groups excluding carboxylic acids is 1. The molecule has 1 saturated heterocycles. The highest BCUT2D eigenvalue weighted by Gasteiger charge is 2.44. The molecule has 3 nitrogen and oxygen atoms in total. The summed E-state index contributed by atoms with van der Waals surface area (Å²) >= 11 is 0. The maximum absolute atomic E-state index is 12.9. The number of amides is 1. The quantitative estimate of drug-likeness (QED) is 0.839. The summed E-state index contributed by atoms with van der Waals surface area (Å²) in [6.45, 7) is 5.14. The Hall–Kier alpha value is -0.570. The molecule has 1 heterocycles. The molecular formula is C15H28N2O.